The van der Waals surface area contributed by atoms with Crippen molar-refractivity contribution >= 4 is 39.8 Å². The number of hydrogen-bond donors (Lipinski definition) is 0. The summed E-state index contributed by atoms with van der Waals surface area (Å²) in [7, 11) is 2.14. The number of hydrogen-bond acceptors (Lipinski definition) is 8. The molecule has 2 aromatic carbocycles. The van der Waals surface area contributed by atoms with Crippen LogP contribution in [0.5, 0.6) is 6.01 Å². The van der Waals surface area contributed by atoms with Gasteiger partial charge in [-0.25, -0.2) is 0 Å². The highest BCUT2D eigenvalue weighted by molar-refractivity contribution is 6.36. The second kappa shape index (κ2) is 9.03. The Hall–Kier alpha value is -3.10. The van der Waals surface area contributed by atoms with E-state index >= 15 is 0 Å². The first-order chi connectivity index (χ1) is 18.0. The van der Waals surface area contributed by atoms with Gasteiger partial charge in [-0.3, -0.25) is 4.79 Å². The molecule has 192 valence electrons. The molecular weight excluding hydrogens is 490 g/mol. The predicted octanol–water partition coefficient (Wildman–Crippen LogP) is 3.68. The average Bonchev–Trinajstić information content (AvgIpc) is 3.48. The zero-order chi connectivity index (χ0) is 25.1. The van der Waals surface area contributed by atoms with Crippen LogP contribution >= 0.6 is 11.6 Å². The number of carbonyl (C=O) groups excluding carboxylic acids is 1. The molecule has 8 nitrogen and oxygen atoms in total. The van der Waals surface area contributed by atoms with Crippen molar-refractivity contribution < 1.29 is 14.3 Å². The summed E-state index contributed by atoms with van der Waals surface area (Å²) >= 11 is 6.66. The molecule has 3 fully saturated rings. The Bertz CT molecular complexity index is 1380. The van der Waals surface area contributed by atoms with E-state index in [9.17, 15) is 4.79 Å². The largest absolute Gasteiger partial charge is 0.462 e. The summed E-state index contributed by atoms with van der Waals surface area (Å²) in [5.41, 5.74) is 3.23. The number of aromatic nitrogens is 2. The Morgan fingerprint density at radius 3 is 2.76 bits per heavy atom. The highest BCUT2D eigenvalue weighted by Crippen LogP contribution is 2.39. The number of halogens is 1. The monoisotopic (exact) mass is 519 g/mol. The van der Waals surface area contributed by atoms with E-state index < -0.39 is 0 Å². The van der Waals surface area contributed by atoms with Crippen LogP contribution in [0.25, 0.3) is 10.8 Å². The lowest BCUT2D eigenvalue weighted by atomic mass is 10.0. The molecule has 0 radical (unpaired) electrons. The van der Waals surface area contributed by atoms with Crippen LogP contribution < -0.4 is 14.5 Å². The van der Waals surface area contributed by atoms with Crippen molar-refractivity contribution in [3.05, 3.63) is 52.7 Å². The second-order valence-corrected chi connectivity index (χ2v) is 11.0. The van der Waals surface area contributed by atoms with Crippen LogP contribution in [-0.2, 0) is 22.5 Å². The molecule has 4 aliphatic heterocycles. The Morgan fingerprint density at radius 1 is 1.11 bits per heavy atom. The van der Waals surface area contributed by atoms with Gasteiger partial charge in [0.1, 0.15) is 24.4 Å². The summed E-state index contributed by atoms with van der Waals surface area (Å²) in [6, 6.07) is 13.1. The fourth-order valence-corrected chi connectivity index (χ4v) is 6.56. The Kier molecular flexibility index (Phi) is 5.62. The highest BCUT2D eigenvalue weighted by Gasteiger charge is 2.50. The molecule has 3 unspecified atom stereocenters. The van der Waals surface area contributed by atoms with Gasteiger partial charge in [0.25, 0.3) is 0 Å². The molecule has 3 saturated heterocycles. The van der Waals surface area contributed by atoms with E-state index in [0.717, 1.165) is 64.5 Å². The molecule has 5 heterocycles. The van der Waals surface area contributed by atoms with Gasteiger partial charge in [-0.1, -0.05) is 35.9 Å². The van der Waals surface area contributed by atoms with E-state index in [1.807, 2.05) is 12.1 Å². The maximum atomic E-state index is 11.9. The van der Waals surface area contributed by atoms with Crippen LogP contribution in [0.3, 0.4) is 0 Å². The van der Waals surface area contributed by atoms with Gasteiger partial charge in [-0.2, -0.15) is 9.97 Å². The molecule has 0 bridgehead atoms. The fourth-order valence-electron chi connectivity index (χ4n) is 6.28. The summed E-state index contributed by atoms with van der Waals surface area (Å²) in [6.45, 7) is 4.46. The molecule has 4 aliphatic rings. The van der Waals surface area contributed by atoms with E-state index in [-0.39, 0.29) is 18.0 Å². The molecule has 9 heteroatoms. The topological polar surface area (TPSA) is 71.0 Å². The molecule has 0 spiro atoms. The Morgan fingerprint density at radius 2 is 1.97 bits per heavy atom. The summed E-state index contributed by atoms with van der Waals surface area (Å²) in [5.74, 6) is 0.733. The van der Waals surface area contributed by atoms with Gasteiger partial charge in [0.15, 0.2) is 0 Å². The van der Waals surface area contributed by atoms with Crippen molar-refractivity contribution in [3.63, 3.8) is 0 Å². The second-order valence-electron chi connectivity index (χ2n) is 10.6. The van der Waals surface area contributed by atoms with Crippen molar-refractivity contribution in [1.29, 1.82) is 0 Å². The maximum Gasteiger partial charge on any atom is 0.318 e. The minimum Gasteiger partial charge on any atom is -0.462 e. The third kappa shape index (κ3) is 3.97. The van der Waals surface area contributed by atoms with E-state index in [0.29, 0.717) is 38.3 Å². The first-order valence-electron chi connectivity index (χ1n) is 13.2. The van der Waals surface area contributed by atoms with Crippen LogP contribution in [0.1, 0.15) is 24.1 Å². The molecule has 0 N–H and O–H groups in total. The normalized spacial score (nSPS) is 25.1. The van der Waals surface area contributed by atoms with Crippen LogP contribution in [0, 0.1) is 5.92 Å². The SMILES string of the molecule is CN1CCCC1COc1nc2c(c(N3CC4OC(=O)C4C3)n1)CCN(c1cccc3cccc(Cl)c13)C2. The Balaban J connectivity index is 1.23. The number of anilines is 2. The minimum absolute atomic E-state index is 0.0347. The number of ether oxygens (including phenoxy) is 2. The van der Waals surface area contributed by atoms with Crippen LogP contribution in [0.2, 0.25) is 5.02 Å². The van der Waals surface area contributed by atoms with Crippen LogP contribution in [0.15, 0.2) is 36.4 Å². The number of benzene rings is 2. The number of nitrogens with zero attached hydrogens (tertiary/aromatic N) is 5. The van der Waals surface area contributed by atoms with E-state index in [1.165, 1.54) is 6.42 Å². The van der Waals surface area contributed by atoms with Crippen molar-refractivity contribution in [2.75, 3.05) is 49.6 Å². The van der Waals surface area contributed by atoms with Crippen LogP contribution in [-0.4, -0.2) is 72.8 Å². The zero-order valence-corrected chi connectivity index (χ0v) is 21.7. The lowest BCUT2D eigenvalue weighted by Crippen LogP contribution is -2.43. The first kappa shape index (κ1) is 23.0. The molecule has 1 aromatic heterocycles. The summed E-state index contributed by atoms with van der Waals surface area (Å²) in [6.07, 6.45) is 3.08. The third-order valence-electron chi connectivity index (χ3n) is 8.41. The molecular formula is C28H30ClN5O3. The van der Waals surface area contributed by atoms with Crippen molar-refractivity contribution in [2.45, 2.75) is 38.0 Å². The van der Waals surface area contributed by atoms with Crippen molar-refractivity contribution in [3.8, 4) is 6.01 Å². The minimum atomic E-state index is -0.102. The number of likely N-dealkylation sites (N-methyl/N-ethyl adjacent to an activating group) is 1. The lowest BCUT2D eigenvalue weighted by molar-refractivity contribution is -0.177. The number of carbonyl (C=O) groups is 1. The van der Waals surface area contributed by atoms with Gasteiger partial charge in [0.05, 0.1) is 23.8 Å². The lowest BCUT2D eigenvalue weighted by Gasteiger charge is -2.33. The number of rotatable bonds is 5. The standard InChI is InChI=1S/C28H30ClN5O3/c1-32-11-4-7-18(32)16-36-28-30-22-14-33(23-9-3-6-17-5-2-8-21(29)25(17)23)12-10-19(22)26(31-28)34-13-20-24(15-34)37-27(20)35/h2-3,5-6,8-9,18,20,24H,4,7,10-16H2,1H3. The quantitative estimate of drug-likeness (QED) is 0.473. The van der Waals surface area contributed by atoms with Gasteiger partial charge in [0, 0.05) is 35.8 Å². The third-order valence-corrected chi connectivity index (χ3v) is 8.72. The molecule has 0 aliphatic carbocycles. The van der Waals surface area contributed by atoms with Gasteiger partial charge < -0.3 is 24.2 Å². The van der Waals surface area contributed by atoms with Gasteiger partial charge in [-0.05, 0) is 50.4 Å². The Labute approximate surface area is 221 Å². The smallest absolute Gasteiger partial charge is 0.318 e. The highest BCUT2D eigenvalue weighted by atomic mass is 35.5. The summed E-state index contributed by atoms with van der Waals surface area (Å²) < 4.78 is 11.6. The maximum absolute atomic E-state index is 11.9. The molecule has 37 heavy (non-hydrogen) atoms. The zero-order valence-electron chi connectivity index (χ0n) is 20.9. The molecule has 0 saturated carbocycles. The molecule has 3 aromatic rings. The van der Waals surface area contributed by atoms with Crippen molar-refractivity contribution in [2.24, 2.45) is 5.92 Å². The molecule has 0 amide bonds. The number of fused-ring (bicyclic) bond motifs is 3. The predicted molar refractivity (Wildman–Crippen MR) is 142 cm³/mol. The average molecular weight is 520 g/mol. The van der Waals surface area contributed by atoms with Gasteiger partial charge >= 0.3 is 12.0 Å². The number of esters is 1. The number of likely N-dealkylation sites (tertiary alicyclic amines) is 1. The van der Waals surface area contributed by atoms with Gasteiger partial charge in [-0.15, -0.1) is 0 Å². The van der Waals surface area contributed by atoms with Crippen molar-refractivity contribution in [1.82, 2.24) is 14.9 Å². The summed E-state index contributed by atoms with van der Waals surface area (Å²) in [5, 5.41) is 2.95. The summed E-state index contributed by atoms with van der Waals surface area (Å²) in [4.78, 5) is 28.6. The fraction of sp³-hybridized carbons (Fsp3) is 0.464. The van der Waals surface area contributed by atoms with E-state index in [1.54, 1.807) is 0 Å². The molecule has 7 rings (SSSR count). The van der Waals surface area contributed by atoms with E-state index in [2.05, 4.69) is 46.0 Å². The first-order valence-corrected chi connectivity index (χ1v) is 13.5. The van der Waals surface area contributed by atoms with Crippen LogP contribution in [0.4, 0.5) is 11.5 Å². The van der Waals surface area contributed by atoms with Gasteiger partial charge in [0.2, 0.25) is 0 Å². The molecule has 3 atom stereocenters. The van der Waals surface area contributed by atoms with E-state index in [4.69, 9.17) is 31.0 Å².